The average molecular weight is 483 g/mol. The van der Waals surface area contributed by atoms with Crippen LogP contribution >= 0.6 is 0 Å². The highest BCUT2D eigenvalue weighted by Crippen LogP contribution is 2.28. The molecule has 34 heavy (non-hydrogen) atoms. The molecule has 7 nitrogen and oxygen atoms in total. The summed E-state index contributed by atoms with van der Waals surface area (Å²) in [5, 5.41) is 15.1. The number of hydrogen-bond donors (Lipinski definition) is 2. The summed E-state index contributed by atoms with van der Waals surface area (Å²) in [6, 6.07) is 8.78. The predicted molar refractivity (Wildman–Crippen MR) is 124 cm³/mol. The van der Waals surface area contributed by atoms with E-state index in [9.17, 15) is 18.0 Å². The van der Waals surface area contributed by atoms with Gasteiger partial charge in [0.2, 0.25) is 5.91 Å². The summed E-state index contributed by atoms with van der Waals surface area (Å²) >= 11 is 0. The minimum Gasteiger partial charge on any atom is -0.475 e. The Morgan fingerprint density at radius 3 is 2.26 bits per heavy atom. The topological polar surface area (TPSA) is 87.5 Å². The molecule has 1 fully saturated rings. The first-order valence-corrected chi connectivity index (χ1v) is 11.1. The van der Waals surface area contributed by atoms with Crippen LogP contribution in [0.3, 0.4) is 0 Å². The number of halogens is 3. The maximum absolute atomic E-state index is 12.7. The van der Waals surface area contributed by atoms with Crippen LogP contribution in [0.4, 0.5) is 19.0 Å². The molecule has 188 valence electrons. The summed E-state index contributed by atoms with van der Waals surface area (Å²) in [5.41, 5.74) is 4.23. The smallest absolute Gasteiger partial charge is 0.475 e. The molecule has 0 saturated carbocycles. The van der Waals surface area contributed by atoms with Crippen molar-refractivity contribution in [2.24, 2.45) is 0 Å². The van der Waals surface area contributed by atoms with Gasteiger partial charge in [0, 0.05) is 17.5 Å². The van der Waals surface area contributed by atoms with E-state index in [0.29, 0.717) is 12.6 Å². The molecule has 2 aromatic rings. The van der Waals surface area contributed by atoms with Gasteiger partial charge in [0.1, 0.15) is 5.82 Å². The van der Waals surface area contributed by atoms with Crippen LogP contribution in [-0.2, 0) is 15.0 Å². The number of amides is 1. The van der Waals surface area contributed by atoms with E-state index in [0.717, 1.165) is 29.3 Å². The number of aryl methyl sites for hydroxylation is 2. The second-order valence-corrected chi connectivity index (χ2v) is 9.68. The van der Waals surface area contributed by atoms with E-state index < -0.39 is 12.1 Å². The molecule has 1 atom stereocenters. The molecule has 2 heterocycles. The van der Waals surface area contributed by atoms with Crippen LogP contribution in [0.15, 0.2) is 24.3 Å². The summed E-state index contributed by atoms with van der Waals surface area (Å²) in [4.78, 5) is 23.8. The van der Waals surface area contributed by atoms with E-state index in [2.05, 4.69) is 70.0 Å². The molecule has 1 saturated heterocycles. The van der Waals surface area contributed by atoms with E-state index in [1.807, 2.05) is 10.7 Å². The number of aromatic nitrogens is 2. The zero-order valence-electron chi connectivity index (χ0n) is 20.5. The monoisotopic (exact) mass is 482 g/mol. The molecule has 1 aromatic heterocycles. The molecule has 3 rings (SSSR count). The number of benzene rings is 1. The Morgan fingerprint density at radius 2 is 1.79 bits per heavy atom. The fourth-order valence-corrected chi connectivity index (χ4v) is 3.66. The fraction of sp³-hybridized carbons (Fsp3) is 0.542. The SMILES string of the molecule is Cc1ccc(-n2nc(C(C)(C)C)cc2NC(=O)CN2CCCC2C)c(C)c1.O=C(O)C(F)(F)F. The molecule has 1 aliphatic rings. The first kappa shape index (κ1) is 27.4. The van der Waals surface area contributed by atoms with Gasteiger partial charge in [0.25, 0.3) is 0 Å². The van der Waals surface area contributed by atoms with Gasteiger partial charge in [-0.15, -0.1) is 0 Å². The number of carboxylic acids is 1. The van der Waals surface area contributed by atoms with Crippen molar-refractivity contribution in [3.05, 3.63) is 41.1 Å². The van der Waals surface area contributed by atoms with Crippen molar-refractivity contribution in [1.29, 1.82) is 0 Å². The quantitative estimate of drug-likeness (QED) is 0.651. The summed E-state index contributed by atoms with van der Waals surface area (Å²) in [6.45, 7) is 14.2. The normalized spacial score (nSPS) is 16.7. The Balaban J connectivity index is 0.000000509. The van der Waals surface area contributed by atoms with Crippen molar-refractivity contribution in [2.45, 2.75) is 72.0 Å². The lowest BCUT2D eigenvalue weighted by molar-refractivity contribution is -0.192. The molecule has 0 spiro atoms. The number of nitrogens with one attached hydrogen (secondary N) is 1. The van der Waals surface area contributed by atoms with E-state index in [1.54, 1.807) is 0 Å². The van der Waals surface area contributed by atoms with E-state index in [-0.39, 0.29) is 11.3 Å². The van der Waals surface area contributed by atoms with Crippen LogP contribution in [0.5, 0.6) is 0 Å². The summed E-state index contributed by atoms with van der Waals surface area (Å²) in [7, 11) is 0. The fourth-order valence-electron chi connectivity index (χ4n) is 3.66. The van der Waals surface area contributed by atoms with Crippen molar-refractivity contribution in [2.75, 3.05) is 18.4 Å². The molecule has 10 heteroatoms. The van der Waals surface area contributed by atoms with Gasteiger partial charge >= 0.3 is 12.1 Å². The number of alkyl halides is 3. The van der Waals surface area contributed by atoms with Crippen molar-refractivity contribution in [1.82, 2.24) is 14.7 Å². The third-order valence-corrected chi connectivity index (χ3v) is 5.61. The molecule has 1 aliphatic heterocycles. The largest absolute Gasteiger partial charge is 0.490 e. The molecule has 1 unspecified atom stereocenters. The molecular formula is C24H33F3N4O3. The number of carboxylic acid groups (broad SMARTS) is 1. The average Bonchev–Trinajstić information content (AvgIpc) is 3.28. The van der Waals surface area contributed by atoms with Gasteiger partial charge in [0.15, 0.2) is 0 Å². The van der Waals surface area contributed by atoms with Crippen LogP contribution in [0.1, 0.15) is 57.4 Å². The van der Waals surface area contributed by atoms with Crippen molar-refractivity contribution >= 4 is 17.7 Å². The minimum absolute atomic E-state index is 0.0233. The highest BCUT2D eigenvalue weighted by molar-refractivity contribution is 5.92. The van der Waals surface area contributed by atoms with Crippen molar-refractivity contribution < 1.29 is 27.9 Å². The standard InChI is InChI=1S/C22H32N4O.C2HF3O2/c1-15-9-10-18(16(2)12-15)26-20(13-19(24-26)22(4,5)6)23-21(27)14-25-11-7-8-17(25)3;3-2(4,5)1(6)7/h9-10,12-13,17H,7-8,11,14H2,1-6H3,(H,23,27);(H,6,7). The van der Waals surface area contributed by atoms with Crippen LogP contribution in [0.25, 0.3) is 5.69 Å². The number of rotatable bonds is 4. The summed E-state index contributed by atoms with van der Waals surface area (Å²) in [6.07, 6.45) is -2.74. The first-order chi connectivity index (χ1) is 15.6. The molecular weight excluding hydrogens is 449 g/mol. The van der Waals surface area contributed by atoms with Gasteiger partial charge in [-0.05, 0) is 51.8 Å². The van der Waals surface area contributed by atoms with Crippen LogP contribution in [0, 0.1) is 13.8 Å². The third-order valence-electron chi connectivity index (χ3n) is 5.61. The van der Waals surface area contributed by atoms with Gasteiger partial charge < -0.3 is 10.4 Å². The Hall–Kier alpha value is -2.88. The van der Waals surface area contributed by atoms with E-state index >= 15 is 0 Å². The minimum atomic E-state index is -5.08. The Morgan fingerprint density at radius 1 is 1.18 bits per heavy atom. The molecule has 1 aromatic carbocycles. The lowest BCUT2D eigenvalue weighted by Gasteiger charge is -2.20. The molecule has 2 N–H and O–H groups in total. The molecule has 0 radical (unpaired) electrons. The van der Waals surface area contributed by atoms with Crippen LogP contribution in [-0.4, -0.2) is 57.0 Å². The maximum atomic E-state index is 12.7. The zero-order chi connectivity index (χ0) is 25.8. The van der Waals surface area contributed by atoms with Gasteiger partial charge in [-0.3, -0.25) is 9.69 Å². The number of anilines is 1. The predicted octanol–water partition coefficient (Wildman–Crippen LogP) is 4.84. The Bertz CT molecular complexity index is 1030. The number of aliphatic carboxylic acids is 1. The summed E-state index contributed by atoms with van der Waals surface area (Å²) in [5.74, 6) is -1.99. The molecule has 0 aliphatic carbocycles. The van der Waals surface area contributed by atoms with Gasteiger partial charge in [-0.25, -0.2) is 9.48 Å². The number of nitrogens with zero attached hydrogens (tertiary/aromatic N) is 3. The second-order valence-electron chi connectivity index (χ2n) is 9.68. The van der Waals surface area contributed by atoms with Gasteiger partial charge in [0.05, 0.1) is 17.9 Å². The lowest BCUT2D eigenvalue weighted by atomic mass is 9.92. The number of carbonyl (C=O) groups excluding carboxylic acids is 1. The lowest BCUT2D eigenvalue weighted by Crippen LogP contribution is -2.35. The maximum Gasteiger partial charge on any atom is 0.490 e. The molecule has 1 amide bonds. The van der Waals surface area contributed by atoms with E-state index in [4.69, 9.17) is 15.0 Å². The number of likely N-dealkylation sites (tertiary alicyclic amines) is 1. The first-order valence-electron chi connectivity index (χ1n) is 11.1. The van der Waals surface area contributed by atoms with Gasteiger partial charge in [-0.1, -0.05) is 38.5 Å². The highest BCUT2D eigenvalue weighted by atomic mass is 19.4. The molecule has 0 bridgehead atoms. The van der Waals surface area contributed by atoms with Crippen molar-refractivity contribution in [3.63, 3.8) is 0 Å². The van der Waals surface area contributed by atoms with Crippen LogP contribution < -0.4 is 5.32 Å². The number of carbonyl (C=O) groups is 2. The second kappa shape index (κ2) is 10.6. The van der Waals surface area contributed by atoms with Crippen LogP contribution in [0.2, 0.25) is 0 Å². The third kappa shape index (κ3) is 7.31. The number of hydrogen-bond acceptors (Lipinski definition) is 4. The Kier molecular flexibility index (Phi) is 8.52. The summed E-state index contributed by atoms with van der Waals surface area (Å²) < 4.78 is 33.6. The van der Waals surface area contributed by atoms with Crippen molar-refractivity contribution in [3.8, 4) is 5.69 Å². The van der Waals surface area contributed by atoms with Gasteiger partial charge in [-0.2, -0.15) is 18.3 Å². The zero-order valence-corrected chi connectivity index (χ0v) is 20.5. The van der Waals surface area contributed by atoms with E-state index in [1.165, 1.54) is 18.4 Å². The Labute approximate surface area is 197 Å². The highest BCUT2D eigenvalue weighted by Gasteiger charge is 2.38.